The summed E-state index contributed by atoms with van der Waals surface area (Å²) in [5.41, 5.74) is 29.6. The fraction of sp³-hybridized carbons (Fsp3) is 0.306. The van der Waals surface area contributed by atoms with E-state index < -0.39 is 0 Å². The lowest BCUT2D eigenvalue weighted by molar-refractivity contribution is -0.114. The molecule has 1 aliphatic carbocycles. The highest BCUT2D eigenvalue weighted by atomic mass is 16.3. The minimum absolute atomic E-state index is 0.00126. The van der Waals surface area contributed by atoms with Crippen molar-refractivity contribution in [2.24, 2.45) is 10.9 Å². The predicted octanol–water partition coefficient (Wildman–Crippen LogP) is 22.4. The number of pyridine rings is 2. The number of nitrogens with zero attached hydrogens (tertiary/aromatic N) is 7. The Morgan fingerprint density at radius 3 is 1.20 bits per heavy atom. The fourth-order valence-corrected chi connectivity index (χ4v) is 15.2. The molecule has 9 aromatic carbocycles. The van der Waals surface area contributed by atoms with Crippen LogP contribution in [0, 0.1) is 19.8 Å². The maximum Gasteiger partial charge on any atom is 0.192 e. The van der Waals surface area contributed by atoms with Crippen LogP contribution in [0.25, 0.3) is 43.6 Å². The minimum atomic E-state index is -0.217. The molecule has 0 fully saturated rings. The van der Waals surface area contributed by atoms with Crippen molar-refractivity contribution < 1.29 is 9.90 Å². The molecule has 14 rings (SSSR count). The standard InChI is InChI=1S/C27H34N2.C26H33N3.C25H25N.C20H20N2O2/c1-7-20-17-21(8-2)19-24(18-20)27(22-9-13-25(14-10-22)28(3)4)23-11-15-26(16-12-23)29(5)6;1-7-22-17-21(18-23(8-2)27-22)26(19-9-13-24(14-10-19)28(3)4)20-11-15-25(16-12-20)29(5)6;1-5-21-14-20(15-22(6-2)26-21)25-23-9-7-16(3)11-18(23)13-19-12-17(4)8-10-24(19)25;1-3-11-9-12(4-2)16-15(10-11)22-18(20(16)24)17-19(23)13-7-5-6-8-14(13)21-17/h9-19,27H,7-8H2,1-6H3;9-18,26H,7-8H2,1-6H3;7-15H,5-6H2,1-4H3;5-10,15-16,21,23H,3-4H2,1-2H3. The third kappa shape index (κ3) is 17.7. The van der Waals surface area contributed by atoms with Gasteiger partial charge in [0.2, 0.25) is 0 Å². The van der Waals surface area contributed by atoms with Gasteiger partial charge >= 0.3 is 0 Å². The Kier molecular flexibility index (Phi) is 25.5. The van der Waals surface area contributed by atoms with Crippen LogP contribution in [0.1, 0.15) is 164 Å². The van der Waals surface area contributed by atoms with Crippen LogP contribution in [0.4, 0.5) is 22.7 Å². The van der Waals surface area contributed by atoms with Gasteiger partial charge in [0.15, 0.2) is 11.5 Å². The Bertz CT molecular complexity index is 4820. The number of hydrogen-bond donors (Lipinski definition) is 2. The molecule has 1 aliphatic heterocycles. The van der Waals surface area contributed by atoms with E-state index in [1.807, 2.05) is 24.3 Å². The number of rotatable bonds is 20. The number of aromatic hydroxyl groups is 1. The predicted molar refractivity (Wildman–Crippen MR) is 462 cm³/mol. The first-order valence-electron chi connectivity index (χ1n) is 39.1. The molecule has 0 saturated carbocycles. The van der Waals surface area contributed by atoms with Gasteiger partial charge in [-0.2, -0.15) is 0 Å². The quantitative estimate of drug-likeness (QED) is 0.0574. The summed E-state index contributed by atoms with van der Waals surface area (Å²) in [5.74, 6) is 0.325. The van der Waals surface area contributed by atoms with Gasteiger partial charge in [0, 0.05) is 125 Å². The molecule has 3 aromatic heterocycles. The highest BCUT2D eigenvalue weighted by molar-refractivity contribution is 6.49. The van der Waals surface area contributed by atoms with Crippen molar-refractivity contribution in [2.75, 3.05) is 76.0 Å². The number of carbonyl (C=O) groups is 1. The normalized spacial score (nSPS) is 13.8. The van der Waals surface area contributed by atoms with E-state index in [1.165, 1.54) is 139 Å². The van der Waals surface area contributed by atoms with E-state index in [0.29, 0.717) is 16.8 Å². The summed E-state index contributed by atoms with van der Waals surface area (Å²) in [6.07, 6.45) is 12.0. The zero-order chi connectivity index (χ0) is 77.0. The second-order valence-electron chi connectivity index (χ2n) is 29.8. The number of aromatic nitrogens is 3. The molecule has 10 heteroatoms. The van der Waals surface area contributed by atoms with Gasteiger partial charge in [-0.15, -0.1) is 0 Å². The Labute approximate surface area is 643 Å². The van der Waals surface area contributed by atoms with Crippen molar-refractivity contribution in [3.8, 4) is 16.9 Å². The molecule has 0 spiro atoms. The van der Waals surface area contributed by atoms with Crippen LogP contribution in [-0.2, 0) is 43.3 Å². The number of hydrogen-bond acceptors (Lipinski definition) is 9. The maximum atomic E-state index is 13.0. The number of H-pyrrole nitrogens is 1. The molecule has 12 aromatic rings. The summed E-state index contributed by atoms with van der Waals surface area (Å²) in [6, 6.07) is 75.4. The van der Waals surface area contributed by atoms with E-state index in [1.54, 1.807) is 0 Å². The molecule has 2 aliphatic rings. The lowest BCUT2D eigenvalue weighted by atomic mass is 9.81. The lowest BCUT2D eigenvalue weighted by Gasteiger charge is -2.23. The Morgan fingerprint density at radius 2 is 0.824 bits per heavy atom. The molecule has 0 radical (unpaired) electrons. The van der Waals surface area contributed by atoms with E-state index in [0.717, 1.165) is 62.5 Å². The molecule has 2 atom stereocenters. The summed E-state index contributed by atoms with van der Waals surface area (Å²) < 4.78 is 0. The number of allylic oxidation sites excluding steroid dienone is 2. The second-order valence-corrected chi connectivity index (χ2v) is 29.8. The van der Waals surface area contributed by atoms with E-state index in [4.69, 9.17) is 9.97 Å². The van der Waals surface area contributed by atoms with E-state index >= 15 is 0 Å². The number of nitrogens with one attached hydrogen (secondary N) is 1. The molecule has 2 unspecified atom stereocenters. The molecule has 0 saturated heterocycles. The number of aryl methyl sites for hydroxylation is 8. The highest BCUT2D eigenvalue weighted by Crippen LogP contribution is 2.42. The summed E-state index contributed by atoms with van der Waals surface area (Å²) in [5, 5.41) is 16.5. The Hall–Kier alpha value is -10.8. The van der Waals surface area contributed by atoms with Crippen LogP contribution in [-0.4, -0.2) is 94.0 Å². The first kappa shape index (κ1) is 78.2. The fourth-order valence-electron chi connectivity index (χ4n) is 15.2. The average Bonchev–Trinajstić information content (AvgIpc) is 1.32. The Balaban J connectivity index is 0.000000144. The third-order valence-electron chi connectivity index (χ3n) is 21.4. The van der Waals surface area contributed by atoms with Crippen molar-refractivity contribution >= 4 is 66.7 Å². The van der Waals surface area contributed by atoms with Gasteiger partial charge in [0.05, 0.1) is 12.0 Å². The lowest BCUT2D eigenvalue weighted by Crippen LogP contribution is -2.27. The van der Waals surface area contributed by atoms with Gasteiger partial charge < -0.3 is 29.7 Å². The molecule has 4 heterocycles. The van der Waals surface area contributed by atoms with Crippen molar-refractivity contribution in [2.45, 2.75) is 138 Å². The van der Waals surface area contributed by atoms with Gasteiger partial charge in [0.1, 0.15) is 11.4 Å². The molecule has 10 nitrogen and oxygen atoms in total. The summed E-state index contributed by atoms with van der Waals surface area (Å²) in [6.45, 7) is 21.7. The van der Waals surface area contributed by atoms with Gasteiger partial charge in [-0.25, -0.2) is 0 Å². The smallest absolute Gasteiger partial charge is 0.192 e. The number of anilines is 4. The van der Waals surface area contributed by atoms with Crippen LogP contribution < -0.4 is 19.6 Å². The highest BCUT2D eigenvalue weighted by Gasteiger charge is 2.42. The van der Waals surface area contributed by atoms with Gasteiger partial charge in [0.25, 0.3) is 0 Å². The maximum absolute atomic E-state index is 13.0. The average molecular weight is 1430 g/mol. The number of aliphatic imine (C=N–C) groups is 1. The van der Waals surface area contributed by atoms with Gasteiger partial charge in [-0.1, -0.05) is 205 Å². The summed E-state index contributed by atoms with van der Waals surface area (Å²) in [7, 11) is 16.7. The molecule has 0 amide bonds. The van der Waals surface area contributed by atoms with E-state index in [9.17, 15) is 9.90 Å². The Morgan fingerprint density at radius 1 is 0.417 bits per heavy atom. The first-order valence-corrected chi connectivity index (χ1v) is 39.1. The van der Waals surface area contributed by atoms with E-state index in [-0.39, 0.29) is 35.3 Å². The summed E-state index contributed by atoms with van der Waals surface area (Å²) >= 11 is 0. The zero-order valence-corrected chi connectivity index (χ0v) is 67.2. The van der Waals surface area contributed by atoms with Crippen LogP contribution >= 0.6 is 0 Å². The first-order chi connectivity index (χ1) is 52.1. The third-order valence-corrected chi connectivity index (χ3v) is 21.4. The topological polar surface area (TPSA) is 104 Å². The number of aromatic amines is 1. The molecular formula is C98H112N8O2. The van der Waals surface area contributed by atoms with Crippen LogP contribution in [0.5, 0.6) is 5.75 Å². The summed E-state index contributed by atoms with van der Waals surface area (Å²) in [4.78, 5) is 39.0. The molecule has 556 valence electrons. The van der Waals surface area contributed by atoms with Gasteiger partial charge in [-0.05, 0) is 233 Å². The number of para-hydroxylation sites is 1. The molecular weight excluding hydrogens is 1320 g/mol. The molecule has 2 N–H and O–H groups in total. The van der Waals surface area contributed by atoms with Crippen molar-refractivity contribution in [1.82, 2.24) is 15.0 Å². The van der Waals surface area contributed by atoms with Crippen molar-refractivity contribution in [3.63, 3.8) is 0 Å². The van der Waals surface area contributed by atoms with Gasteiger partial charge in [-0.3, -0.25) is 19.8 Å². The largest absolute Gasteiger partial charge is 0.505 e. The molecule has 108 heavy (non-hydrogen) atoms. The number of benzene rings is 9. The van der Waals surface area contributed by atoms with Crippen LogP contribution in [0.3, 0.4) is 0 Å². The number of Topliss-reactive ketones (excluding diaryl/α,β-unsaturated/α-hetero) is 1. The SMILES string of the molecule is CCC1=CC2N=C(c3[nH]c4ccccc4c3O)C(=O)C2C(CC)=C1.CCc1cc(-c2c3ccc(C)cc3cc3cc(C)ccc23)cc(CC)n1.CCc1cc(C(c2ccc(N(C)C)cc2)c2ccc(N(C)C)cc2)cc(CC)n1.CCc1cc(CC)cc(C(c2ccc(N(C)C)cc2)c2ccc(N(C)C)cc2)c1. The van der Waals surface area contributed by atoms with Crippen molar-refractivity contribution in [3.05, 3.63) is 314 Å². The van der Waals surface area contributed by atoms with Crippen LogP contribution in [0.2, 0.25) is 0 Å². The van der Waals surface area contributed by atoms with Crippen LogP contribution in [0.15, 0.2) is 235 Å². The minimum Gasteiger partial charge on any atom is -0.505 e. The zero-order valence-electron chi connectivity index (χ0n) is 67.2. The number of carbonyl (C=O) groups excluding carboxylic acids is 1. The molecule has 0 bridgehead atoms. The second kappa shape index (κ2) is 35.3. The van der Waals surface area contributed by atoms with E-state index in [2.05, 4.69) is 349 Å². The number of ketones is 1. The number of fused-ring (bicyclic) bond motifs is 4. The van der Waals surface area contributed by atoms with Crippen molar-refractivity contribution in [1.29, 1.82) is 0 Å². The monoisotopic (exact) mass is 1430 g/mol.